The maximum absolute atomic E-state index is 12.0. The van der Waals surface area contributed by atoms with E-state index >= 15 is 0 Å². The summed E-state index contributed by atoms with van der Waals surface area (Å²) >= 11 is 0. The van der Waals surface area contributed by atoms with Gasteiger partial charge in [0.05, 0.1) is 11.8 Å². The lowest BCUT2D eigenvalue weighted by Gasteiger charge is -2.34. The number of carbonyl (C=O) groups excluding carboxylic acids is 1. The van der Waals surface area contributed by atoms with Crippen LogP contribution >= 0.6 is 0 Å². The molecule has 0 aromatic carbocycles. The van der Waals surface area contributed by atoms with Crippen LogP contribution in [0.4, 0.5) is 0 Å². The molecule has 0 saturated heterocycles. The molecule has 0 spiro atoms. The number of nitrogens with zero attached hydrogens (tertiary/aromatic N) is 1. The summed E-state index contributed by atoms with van der Waals surface area (Å²) in [6.07, 6.45) is 7.06. The number of amides is 1. The van der Waals surface area contributed by atoms with Crippen LogP contribution in [0.1, 0.15) is 49.9 Å². The van der Waals surface area contributed by atoms with Gasteiger partial charge in [-0.05, 0) is 37.2 Å². The summed E-state index contributed by atoms with van der Waals surface area (Å²) in [7, 11) is 0. The minimum atomic E-state index is -0.209. The molecular formula is C14H20N2O2. The highest BCUT2D eigenvalue weighted by molar-refractivity contribution is 5.96. The largest absolute Gasteiger partial charge is 0.505 e. The van der Waals surface area contributed by atoms with Gasteiger partial charge in [-0.25, -0.2) is 0 Å². The Labute approximate surface area is 107 Å². The second kappa shape index (κ2) is 4.96. The first-order valence-electron chi connectivity index (χ1n) is 6.42. The van der Waals surface area contributed by atoms with Crippen molar-refractivity contribution in [1.82, 2.24) is 10.3 Å². The molecule has 4 heteroatoms. The van der Waals surface area contributed by atoms with Crippen LogP contribution in [0.5, 0.6) is 5.75 Å². The van der Waals surface area contributed by atoms with Gasteiger partial charge in [0.2, 0.25) is 0 Å². The fraction of sp³-hybridized carbons (Fsp3) is 0.571. The van der Waals surface area contributed by atoms with Crippen molar-refractivity contribution in [3.05, 3.63) is 24.0 Å². The molecular weight excluding hydrogens is 228 g/mol. The molecule has 18 heavy (non-hydrogen) atoms. The molecule has 1 saturated carbocycles. The molecule has 2 N–H and O–H groups in total. The molecule has 1 heterocycles. The predicted octanol–water partition coefficient (Wildman–Crippen LogP) is 2.49. The Morgan fingerprint density at radius 3 is 2.72 bits per heavy atom. The molecule has 2 rings (SSSR count). The van der Waals surface area contributed by atoms with Crippen molar-refractivity contribution in [2.75, 3.05) is 0 Å². The third kappa shape index (κ3) is 3.00. The Morgan fingerprint density at radius 1 is 1.44 bits per heavy atom. The lowest BCUT2D eigenvalue weighted by Crippen LogP contribution is -2.39. The van der Waals surface area contributed by atoms with Crippen LogP contribution in [0, 0.1) is 5.41 Å². The van der Waals surface area contributed by atoms with E-state index in [1.807, 2.05) is 0 Å². The third-order valence-electron chi connectivity index (χ3n) is 3.72. The molecule has 1 fully saturated rings. The zero-order valence-electron chi connectivity index (χ0n) is 10.9. The van der Waals surface area contributed by atoms with Gasteiger partial charge < -0.3 is 10.4 Å². The van der Waals surface area contributed by atoms with Crippen molar-refractivity contribution in [3.63, 3.8) is 0 Å². The lowest BCUT2D eigenvalue weighted by molar-refractivity contribution is 0.0906. The van der Waals surface area contributed by atoms with Crippen LogP contribution in [0.3, 0.4) is 0 Å². The van der Waals surface area contributed by atoms with E-state index < -0.39 is 0 Å². The topological polar surface area (TPSA) is 62.2 Å². The number of pyridine rings is 1. The number of hydrogen-bond acceptors (Lipinski definition) is 3. The monoisotopic (exact) mass is 248 g/mol. The van der Waals surface area contributed by atoms with Crippen molar-refractivity contribution in [2.24, 2.45) is 5.41 Å². The number of carbonyl (C=O) groups is 1. The molecule has 0 unspecified atom stereocenters. The zero-order chi connectivity index (χ0) is 13.2. The number of aromatic nitrogens is 1. The lowest BCUT2D eigenvalue weighted by atomic mass is 9.75. The van der Waals surface area contributed by atoms with Gasteiger partial charge >= 0.3 is 0 Å². The highest BCUT2D eigenvalue weighted by atomic mass is 16.3. The van der Waals surface area contributed by atoms with E-state index in [0.29, 0.717) is 11.0 Å². The van der Waals surface area contributed by atoms with Crippen molar-refractivity contribution >= 4 is 5.91 Å². The van der Waals surface area contributed by atoms with Crippen LogP contribution in [-0.2, 0) is 0 Å². The first kappa shape index (κ1) is 12.9. The normalized spacial score (nSPS) is 19.4. The first-order chi connectivity index (χ1) is 8.48. The fourth-order valence-electron chi connectivity index (χ4n) is 2.38. The summed E-state index contributed by atoms with van der Waals surface area (Å²) in [6, 6.07) is 1.76. The minimum absolute atomic E-state index is 0.0638. The minimum Gasteiger partial charge on any atom is -0.505 e. The maximum Gasteiger partial charge on any atom is 0.255 e. The standard InChI is InChI=1S/C14H20N2O2/c1-14(2)6-3-10(4-7-14)16-13(18)11-5-8-15-9-12(11)17/h5,8-10,17H,3-4,6-7H2,1-2H3,(H,16,18). The second-order valence-corrected chi connectivity index (χ2v) is 5.80. The molecule has 1 aromatic rings. The Balaban J connectivity index is 1.95. The number of nitrogens with one attached hydrogen (secondary N) is 1. The van der Waals surface area contributed by atoms with Crippen LogP contribution in [-0.4, -0.2) is 22.0 Å². The molecule has 1 aromatic heterocycles. The Kier molecular flexibility index (Phi) is 3.55. The van der Waals surface area contributed by atoms with Crippen LogP contribution < -0.4 is 5.32 Å². The quantitative estimate of drug-likeness (QED) is 0.845. The van der Waals surface area contributed by atoms with Gasteiger partial charge in [0.1, 0.15) is 5.75 Å². The van der Waals surface area contributed by atoms with Crippen molar-refractivity contribution in [1.29, 1.82) is 0 Å². The van der Waals surface area contributed by atoms with Crippen molar-refractivity contribution < 1.29 is 9.90 Å². The Bertz CT molecular complexity index is 433. The third-order valence-corrected chi connectivity index (χ3v) is 3.72. The summed E-state index contributed by atoms with van der Waals surface area (Å²) in [5.41, 5.74) is 0.690. The average Bonchev–Trinajstić information content (AvgIpc) is 2.32. The van der Waals surface area contributed by atoms with Crippen molar-refractivity contribution in [3.8, 4) is 5.75 Å². The summed E-state index contributed by atoms with van der Waals surface area (Å²) in [6.45, 7) is 4.53. The highest BCUT2D eigenvalue weighted by Crippen LogP contribution is 2.35. The maximum atomic E-state index is 12.0. The zero-order valence-corrected chi connectivity index (χ0v) is 10.9. The Hall–Kier alpha value is -1.58. The van der Waals surface area contributed by atoms with Gasteiger partial charge in [-0.1, -0.05) is 13.8 Å². The second-order valence-electron chi connectivity index (χ2n) is 5.80. The summed E-state index contributed by atoms with van der Waals surface area (Å²) in [5, 5.41) is 12.6. The van der Waals surface area contributed by atoms with Crippen LogP contribution in [0.2, 0.25) is 0 Å². The van der Waals surface area contributed by atoms with Crippen LogP contribution in [0.25, 0.3) is 0 Å². The van der Waals surface area contributed by atoms with E-state index in [1.165, 1.54) is 18.5 Å². The molecule has 0 atom stereocenters. The molecule has 1 aliphatic carbocycles. The average molecular weight is 248 g/mol. The predicted molar refractivity (Wildman–Crippen MR) is 69.4 cm³/mol. The molecule has 0 radical (unpaired) electrons. The van der Waals surface area contributed by atoms with Crippen LogP contribution in [0.15, 0.2) is 18.5 Å². The Morgan fingerprint density at radius 2 is 2.11 bits per heavy atom. The molecule has 98 valence electrons. The van der Waals surface area contributed by atoms with Gasteiger partial charge in [0.25, 0.3) is 5.91 Å². The number of hydrogen-bond donors (Lipinski definition) is 2. The fourth-order valence-corrected chi connectivity index (χ4v) is 2.38. The van der Waals surface area contributed by atoms with E-state index in [9.17, 15) is 9.90 Å². The number of rotatable bonds is 2. The molecule has 4 nitrogen and oxygen atoms in total. The SMILES string of the molecule is CC1(C)CCC(NC(=O)c2ccncc2O)CC1. The van der Waals surface area contributed by atoms with E-state index in [4.69, 9.17) is 0 Å². The van der Waals surface area contributed by atoms with Gasteiger partial charge in [-0.2, -0.15) is 0 Å². The van der Waals surface area contributed by atoms with Gasteiger partial charge in [0, 0.05) is 12.2 Å². The van der Waals surface area contributed by atoms with E-state index in [1.54, 1.807) is 0 Å². The molecule has 1 amide bonds. The van der Waals surface area contributed by atoms with E-state index in [2.05, 4.69) is 24.1 Å². The highest BCUT2D eigenvalue weighted by Gasteiger charge is 2.28. The molecule has 1 aliphatic rings. The van der Waals surface area contributed by atoms with E-state index in [0.717, 1.165) is 25.7 Å². The van der Waals surface area contributed by atoms with Gasteiger partial charge in [0.15, 0.2) is 0 Å². The van der Waals surface area contributed by atoms with Crippen molar-refractivity contribution in [2.45, 2.75) is 45.6 Å². The number of aromatic hydroxyl groups is 1. The smallest absolute Gasteiger partial charge is 0.255 e. The van der Waals surface area contributed by atoms with Gasteiger partial charge in [-0.3, -0.25) is 9.78 Å². The molecule has 0 bridgehead atoms. The van der Waals surface area contributed by atoms with Gasteiger partial charge in [-0.15, -0.1) is 0 Å². The van der Waals surface area contributed by atoms with E-state index in [-0.39, 0.29) is 17.7 Å². The summed E-state index contributed by atoms with van der Waals surface area (Å²) < 4.78 is 0. The summed E-state index contributed by atoms with van der Waals surface area (Å²) in [4.78, 5) is 15.8. The molecule has 0 aliphatic heterocycles. The first-order valence-corrected chi connectivity index (χ1v) is 6.42. The summed E-state index contributed by atoms with van der Waals surface area (Å²) in [5.74, 6) is -0.272.